The van der Waals surface area contributed by atoms with Crippen molar-refractivity contribution in [3.05, 3.63) is 35.4 Å². The van der Waals surface area contributed by atoms with E-state index in [9.17, 15) is 4.79 Å². The second-order valence-corrected chi connectivity index (χ2v) is 4.17. The number of benzene rings is 1. The molecular weight excluding hydrogens is 190 g/mol. The Morgan fingerprint density at radius 2 is 2.07 bits per heavy atom. The van der Waals surface area contributed by atoms with Gasteiger partial charge in [-0.1, -0.05) is 12.1 Å². The van der Waals surface area contributed by atoms with Crippen molar-refractivity contribution in [3.63, 3.8) is 0 Å². The zero-order valence-electron chi connectivity index (χ0n) is 8.73. The number of rotatable bonds is 2. The highest BCUT2D eigenvalue weighted by Crippen LogP contribution is 2.25. The summed E-state index contributed by atoms with van der Waals surface area (Å²) in [5, 5.41) is 12.2. The van der Waals surface area contributed by atoms with Crippen molar-refractivity contribution < 1.29 is 9.90 Å². The lowest BCUT2D eigenvalue weighted by atomic mass is 9.96. The minimum absolute atomic E-state index is 0.359. The number of hydrogen-bond donors (Lipinski definition) is 2. The molecule has 0 saturated carbocycles. The van der Waals surface area contributed by atoms with Crippen molar-refractivity contribution in [2.24, 2.45) is 0 Å². The van der Waals surface area contributed by atoms with Crippen molar-refractivity contribution in [2.45, 2.75) is 25.3 Å². The summed E-state index contributed by atoms with van der Waals surface area (Å²) < 4.78 is 0. The molecule has 0 radical (unpaired) electrons. The van der Waals surface area contributed by atoms with Gasteiger partial charge in [0, 0.05) is 12.6 Å². The average Bonchev–Trinajstić information content (AvgIpc) is 2.65. The highest BCUT2D eigenvalue weighted by Gasteiger charge is 2.21. The number of carboxylic acids is 1. The van der Waals surface area contributed by atoms with Crippen LogP contribution in [0.5, 0.6) is 0 Å². The second-order valence-electron chi connectivity index (χ2n) is 4.17. The first kappa shape index (κ1) is 10.2. The van der Waals surface area contributed by atoms with E-state index in [1.54, 1.807) is 12.1 Å². The lowest BCUT2D eigenvalue weighted by molar-refractivity contribution is 0.0697. The minimum Gasteiger partial charge on any atom is -0.478 e. The summed E-state index contributed by atoms with van der Waals surface area (Å²) in [6.07, 6.45) is 1.13. The molecule has 2 atom stereocenters. The van der Waals surface area contributed by atoms with Gasteiger partial charge >= 0.3 is 5.97 Å². The fraction of sp³-hybridized carbons (Fsp3) is 0.417. The van der Waals surface area contributed by atoms with Crippen LogP contribution in [0, 0.1) is 0 Å². The predicted molar refractivity (Wildman–Crippen MR) is 58.2 cm³/mol. The second kappa shape index (κ2) is 4.03. The third kappa shape index (κ3) is 2.18. The van der Waals surface area contributed by atoms with Gasteiger partial charge in [-0.05, 0) is 37.0 Å². The van der Waals surface area contributed by atoms with Crippen molar-refractivity contribution in [2.75, 3.05) is 6.54 Å². The highest BCUT2D eigenvalue weighted by atomic mass is 16.4. The quantitative estimate of drug-likeness (QED) is 0.774. The Balaban J connectivity index is 2.13. The van der Waals surface area contributed by atoms with Crippen LogP contribution in [0.1, 0.15) is 35.2 Å². The van der Waals surface area contributed by atoms with Gasteiger partial charge in [-0.25, -0.2) is 4.79 Å². The molecule has 3 heteroatoms. The topological polar surface area (TPSA) is 49.3 Å². The van der Waals surface area contributed by atoms with Crippen molar-refractivity contribution in [1.29, 1.82) is 0 Å². The third-order valence-corrected chi connectivity index (χ3v) is 2.98. The summed E-state index contributed by atoms with van der Waals surface area (Å²) in [5.41, 5.74) is 1.59. The standard InChI is InChI=1S/C12H15NO2/c1-8-6-11(7-13-8)9-2-4-10(5-3-9)12(14)15/h2-5,8,11,13H,6-7H2,1H3,(H,14,15). The average molecular weight is 205 g/mol. The van der Waals surface area contributed by atoms with Gasteiger partial charge in [0.1, 0.15) is 0 Å². The van der Waals surface area contributed by atoms with E-state index >= 15 is 0 Å². The van der Waals surface area contributed by atoms with Crippen LogP contribution in [0.4, 0.5) is 0 Å². The first-order valence-electron chi connectivity index (χ1n) is 5.23. The Kier molecular flexibility index (Phi) is 2.73. The maximum Gasteiger partial charge on any atom is 0.335 e. The minimum atomic E-state index is -0.862. The van der Waals surface area contributed by atoms with Crippen LogP contribution in [-0.2, 0) is 0 Å². The van der Waals surface area contributed by atoms with Gasteiger partial charge in [0.05, 0.1) is 5.56 Å². The van der Waals surface area contributed by atoms with Crippen LogP contribution in [0.2, 0.25) is 0 Å². The summed E-state index contributed by atoms with van der Waals surface area (Å²) in [6.45, 7) is 3.17. The molecule has 0 bridgehead atoms. The van der Waals surface area contributed by atoms with E-state index in [-0.39, 0.29) is 0 Å². The van der Waals surface area contributed by atoms with Crippen LogP contribution in [0.25, 0.3) is 0 Å². The molecule has 0 spiro atoms. The molecule has 1 aliphatic rings. The Morgan fingerprint density at radius 1 is 1.40 bits per heavy atom. The van der Waals surface area contributed by atoms with Gasteiger partial charge in [-0.3, -0.25) is 0 Å². The summed E-state index contributed by atoms with van der Waals surface area (Å²) in [6, 6.07) is 7.78. The number of carbonyl (C=O) groups is 1. The van der Waals surface area contributed by atoms with Crippen molar-refractivity contribution >= 4 is 5.97 Å². The van der Waals surface area contributed by atoms with Gasteiger partial charge in [0.15, 0.2) is 0 Å². The zero-order valence-corrected chi connectivity index (χ0v) is 8.73. The van der Waals surface area contributed by atoms with Crippen LogP contribution in [0.15, 0.2) is 24.3 Å². The van der Waals surface area contributed by atoms with Crippen molar-refractivity contribution in [1.82, 2.24) is 5.32 Å². The van der Waals surface area contributed by atoms with Gasteiger partial charge in [0.25, 0.3) is 0 Å². The largest absolute Gasteiger partial charge is 0.478 e. The molecule has 1 fully saturated rings. The maximum absolute atomic E-state index is 10.7. The van der Waals surface area contributed by atoms with E-state index in [0.29, 0.717) is 17.5 Å². The van der Waals surface area contributed by atoms with Gasteiger partial charge < -0.3 is 10.4 Å². The Morgan fingerprint density at radius 3 is 2.53 bits per heavy atom. The summed E-state index contributed by atoms with van der Waals surface area (Å²) in [5.74, 6) is -0.331. The van der Waals surface area contributed by atoms with E-state index in [0.717, 1.165) is 13.0 Å². The van der Waals surface area contributed by atoms with Gasteiger partial charge in [-0.15, -0.1) is 0 Å². The van der Waals surface area contributed by atoms with E-state index in [2.05, 4.69) is 12.2 Å². The van der Waals surface area contributed by atoms with E-state index < -0.39 is 5.97 Å². The summed E-state index contributed by atoms with van der Waals surface area (Å²) in [7, 11) is 0. The molecule has 1 aliphatic heterocycles. The van der Waals surface area contributed by atoms with Crippen LogP contribution in [0.3, 0.4) is 0 Å². The number of nitrogens with one attached hydrogen (secondary N) is 1. The number of hydrogen-bond acceptors (Lipinski definition) is 2. The number of carboxylic acid groups (broad SMARTS) is 1. The third-order valence-electron chi connectivity index (χ3n) is 2.98. The van der Waals surface area contributed by atoms with E-state index in [1.807, 2.05) is 12.1 Å². The molecule has 15 heavy (non-hydrogen) atoms. The van der Waals surface area contributed by atoms with E-state index in [4.69, 9.17) is 5.11 Å². The molecule has 3 nitrogen and oxygen atoms in total. The SMILES string of the molecule is CC1CC(c2ccc(C(=O)O)cc2)CN1. The molecule has 1 aromatic carbocycles. The molecule has 1 saturated heterocycles. The smallest absolute Gasteiger partial charge is 0.335 e. The predicted octanol–water partition coefficient (Wildman–Crippen LogP) is 1.85. The normalized spacial score (nSPS) is 25.4. The van der Waals surface area contributed by atoms with E-state index in [1.165, 1.54) is 5.56 Å². The Labute approximate surface area is 89.1 Å². The molecule has 2 unspecified atom stereocenters. The molecule has 1 aromatic rings. The molecule has 2 N–H and O–H groups in total. The highest BCUT2D eigenvalue weighted by molar-refractivity contribution is 5.87. The molecule has 0 aliphatic carbocycles. The first-order valence-corrected chi connectivity index (χ1v) is 5.23. The molecule has 0 amide bonds. The monoisotopic (exact) mass is 205 g/mol. The Bertz CT molecular complexity index is 358. The first-order chi connectivity index (χ1) is 7.16. The molecular formula is C12H15NO2. The van der Waals surface area contributed by atoms with Crippen LogP contribution < -0.4 is 5.32 Å². The Hall–Kier alpha value is -1.35. The maximum atomic E-state index is 10.7. The fourth-order valence-electron chi connectivity index (χ4n) is 2.09. The lowest BCUT2D eigenvalue weighted by Crippen LogP contribution is -2.16. The van der Waals surface area contributed by atoms with Crippen molar-refractivity contribution in [3.8, 4) is 0 Å². The molecule has 80 valence electrons. The zero-order chi connectivity index (χ0) is 10.8. The molecule has 0 aromatic heterocycles. The summed E-state index contributed by atoms with van der Waals surface area (Å²) in [4.78, 5) is 10.7. The summed E-state index contributed by atoms with van der Waals surface area (Å²) >= 11 is 0. The lowest BCUT2D eigenvalue weighted by Gasteiger charge is -2.08. The molecule has 2 rings (SSSR count). The van der Waals surface area contributed by atoms with Gasteiger partial charge in [0.2, 0.25) is 0 Å². The fourth-order valence-corrected chi connectivity index (χ4v) is 2.09. The van der Waals surface area contributed by atoms with Crippen LogP contribution in [-0.4, -0.2) is 23.7 Å². The van der Waals surface area contributed by atoms with Gasteiger partial charge in [-0.2, -0.15) is 0 Å². The number of aromatic carboxylic acids is 1. The van der Waals surface area contributed by atoms with Crippen LogP contribution >= 0.6 is 0 Å². The molecule has 1 heterocycles.